The van der Waals surface area contributed by atoms with Gasteiger partial charge in [0.15, 0.2) is 0 Å². The van der Waals surface area contributed by atoms with Gasteiger partial charge in [0.2, 0.25) is 0 Å². The van der Waals surface area contributed by atoms with Crippen molar-refractivity contribution in [1.29, 1.82) is 0 Å². The van der Waals surface area contributed by atoms with Gasteiger partial charge in [-0.05, 0) is 94.2 Å². The van der Waals surface area contributed by atoms with Gasteiger partial charge in [-0.2, -0.15) is 0 Å². The molecular weight excluding hydrogens is 276 g/mol. The summed E-state index contributed by atoms with van der Waals surface area (Å²) in [5.74, 6) is 7.25. The van der Waals surface area contributed by atoms with Gasteiger partial charge in [0.25, 0.3) is 0 Å². The molecule has 9 aliphatic rings. The lowest BCUT2D eigenvalue weighted by Crippen LogP contribution is -2.86. The highest BCUT2D eigenvalue weighted by molar-refractivity contribution is 5.45. The minimum absolute atomic E-state index is 0.608. The molecule has 9 bridgehead atoms. The van der Waals surface area contributed by atoms with Crippen molar-refractivity contribution in [2.24, 2.45) is 68.5 Å². The van der Waals surface area contributed by atoms with Crippen LogP contribution >= 0.6 is 0 Å². The zero-order valence-electron chi connectivity index (χ0n) is 16.4. The van der Waals surface area contributed by atoms with Gasteiger partial charge >= 0.3 is 0 Å². The second kappa shape index (κ2) is 3.21. The third-order valence-corrected chi connectivity index (χ3v) is 13.0. The Kier molecular flexibility index (Phi) is 1.98. The van der Waals surface area contributed by atoms with Gasteiger partial charge in [-0.15, -0.1) is 0 Å². The molecule has 0 aliphatic heterocycles. The van der Waals surface area contributed by atoms with Gasteiger partial charge in [0, 0.05) is 0 Å². The second-order valence-electron chi connectivity index (χ2n) is 11.9. The first-order valence-corrected chi connectivity index (χ1v) is 10.7. The van der Waals surface area contributed by atoms with E-state index in [-0.39, 0.29) is 0 Å². The fourth-order valence-corrected chi connectivity index (χ4v) is 12.6. The lowest BCUT2D eigenvalue weighted by molar-refractivity contribution is -0.439. The average Bonchev–Trinajstić information content (AvgIpc) is 2.70. The van der Waals surface area contributed by atoms with E-state index in [1.807, 2.05) is 0 Å². The normalized spacial score (nSPS) is 79.2. The van der Waals surface area contributed by atoms with Crippen molar-refractivity contribution in [2.75, 3.05) is 0 Å². The molecular formula is C23H36. The molecule has 9 rings (SSSR count). The predicted octanol–water partition coefficient (Wildman–Crippen LogP) is 6.01. The molecule has 0 radical (unpaired) electrons. The summed E-state index contributed by atoms with van der Waals surface area (Å²) in [5.41, 5.74) is 3.23. The number of hydrogen-bond acceptors (Lipinski definition) is 0. The second-order valence-corrected chi connectivity index (χ2v) is 11.9. The SMILES string of the molecule is CCC1(C)C2C3C(C)CC4C5CC2C52C4(C)C(C)CC3(C)C12C. The summed E-state index contributed by atoms with van der Waals surface area (Å²) in [7, 11) is 0. The molecule has 12 unspecified atom stereocenters. The molecule has 0 heterocycles. The summed E-state index contributed by atoms with van der Waals surface area (Å²) in [4.78, 5) is 0. The Morgan fingerprint density at radius 2 is 1.57 bits per heavy atom. The standard InChI is InChI=1S/C23H36/c1-8-19(4)18-16-10-15-14-9-12(2)17(18)20(5)11-13(3)21(14,6)23(15,16)22(19,20)7/h12-18H,8-11H2,1-7H3. The molecule has 9 saturated carbocycles. The highest BCUT2D eigenvalue weighted by Gasteiger charge is 2.98. The van der Waals surface area contributed by atoms with Crippen molar-refractivity contribution in [1.82, 2.24) is 0 Å². The van der Waals surface area contributed by atoms with E-state index in [0.717, 1.165) is 46.8 Å². The summed E-state index contributed by atoms with van der Waals surface area (Å²) in [5, 5.41) is 0. The predicted molar refractivity (Wildman–Crippen MR) is 94.8 cm³/mol. The van der Waals surface area contributed by atoms with Gasteiger partial charge in [-0.25, -0.2) is 0 Å². The third kappa shape index (κ3) is 0.814. The van der Waals surface area contributed by atoms with Crippen LogP contribution in [0.2, 0.25) is 0 Å². The van der Waals surface area contributed by atoms with Gasteiger partial charge < -0.3 is 0 Å². The van der Waals surface area contributed by atoms with Crippen LogP contribution in [0.15, 0.2) is 0 Å². The van der Waals surface area contributed by atoms with E-state index in [2.05, 4.69) is 48.5 Å². The Balaban J connectivity index is 1.75. The van der Waals surface area contributed by atoms with E-state index >= 15 is 0 Å². The van der Waals surface area contributed by atoms with Gasteiger partial charge in [0.05, 0.1) is 0 Å². The van der Waals surface area contributed by atoms with Crippen LogP contribution in [-0.4, -0.2) is 0 Å². The highest BCUT2D eigenvalue weighted by atomic mass is 15.0. The van der Waals surface area contributed by atoms with E-state index in [0.29, 0.717) is 21.7 Å². The zero-order valence-corrected chi connectivity index (χ0v) is 16.4. The third-order valence-electron chi connectivity index (χ3n) is 13.0. The van der Waals surface area contributed by atoms with Crippen molar-refractivity contribution in [3.8, 4) is 0 Å². The van der Waals surface area contributed by atoms with Crippen LogP contribution in [0.1, 0.15) is 74.1 Å². The molecule has 0 aromatic carbocycles. The van der Waals surface area contributed by atoms with Crippen LogP contribution < -0.4 is 0 Å². The van der Waals surface area contributed by atoms with E-state index in [4.69, 9.17) is 0 Å². The van der Waals surface area contributed by atoms with Crippen molar-refractivity contribution in [3.63, 3.8) is 0 Å². The minimum Gasteiger partial charge on any atom is -0.0648 e. The number of rotatable bonds is 1. The lowest BCUT2D eigenvalue weighted by atomic mass is 9.13. The Hall–Kier alpha value is 0. The van der Waals surface area contributed by atoms with E-state index in [1.165, 1.54) is 12.8 Å². The van der Waals surface area contributed by atoms with Crippen LogP contribution in [-0.2, 0) is 0 Å². The van der Waals surface area contributed by atoms with Crippen LogP contribution in [0.25, 0.3) is 0 Å². The van der Waals surface area contributed by atoms with Crippen molar-refractivity contribution in [2.45, 2.75) is 74.1 Å². The Bertz CT molecular complexity index is 636. The highest BCUT2D eigenvalue weighted by Crippen LogP contribution is 3.03. The zero-order chi connectivity index (χ0) is 16.4. The van der Waals surface area contributed by atoms with Gasteiger partial charge in [-0.3, -0.25) is 0 Å². The van der Waals surface area contributed by atoms with Gasteiger partial charge in [-0.1, -0.05) is 48.5 Å². The largest absolute Gasteiger partial charge is 0.0648 e. The monoisotopic (exact) mass is 312 g/mol. The lowest BCUT2D eigenvalue weighted by Gasteiger charge is -2.91. The molecule has 0 nitrogen and oxygen atoms in total. The molecule has 23 heavy (non-hydrogen) atoms. The molecule has 0 amide bonds. The first-order valence-electron chi connectivity index (χ1n) is 10.7. The van der Waals surface area contributed by atoms with E-state index in [1.54, 1.807) is 12.8 Å². The summed E-state index contributed by atoms with van der Waals surface area (Å²) >= 11 is 0. The van der Waals surface area contributed by atoms with Crippen molar-refractivity contribution in [3.05, 3.63) is 0 Å². The fourth-order valence-electron chi connectivity index (χ4n) is 12.6. The minimum atomic E-state index is 0.608. The summed E-state index contributed by atoms with van der Waals surface area (Å²) < 4.78 is 0. The Labute approximate surface area is 143 Å². The molecule has 12 atom stereocenters. The van der Waals surface area contributed by atoms with E-state index < -0.39 is 0 Å². The van der Waals surface area contributed by atoms with Gasteiger partial charge in [0.1, 0.15) is 0 Å². The molecule has 128 valence electrons. The molecule has 9 fully saturated rings. The van der Waals surface area contributed by atoms with Crippen molar-refractivity contribution < 1.29 is 0 Å². The smallest absolute Gasteiger partial charge is 0.0111 e. The molecule has 0 aromatic heterocycles. The number of hydrogen-bond donors (Lipinski definition) is 0. The summed E-state index contributed by atoms with van der Waals surface area (Å²) in [6.07, 6.45) is 6.13. The van der Waals surface area contributed by atoms with Crippen LogP contribution in [0.4, 0.5) is 0 Å². The maximum absolute atomic E-state index is 2.83. The first kappa shape index (κ1) is 14.2. The van der Waals surface area contributed by atoms with Crippen molar-refractivity contribution >= 4 is 0 Å². The Morgan fingerprint density at radius 3 is 2.22 bits per heavy atom. The van der Waals surface area contributed by atoms with Crippen LogP contribution in [0.3, 0.4) is 0 Å². The topological polar surface area (TPSA) is 0 Å². The molecule has 0 aromatic rings. The molecule has 0 saturated heterocycles. The van der Waals surface area contributed by atoms with Crippen LogP contribution in [0.5, 0.6) is 0 Å². The fraction of sp³-hybridized carbons (Fsp3) is 1.00. The molecule has 0 heteroatoms. The molecule has 1 spiro atoms. The maximum atomic E-state index is 2.83. The van der Waals surface area contributed by atoms with E-state index in [9.17, 15) is 0 Å². The first-order chi connectivity index (χ1) is 10.7. The summed E-state index contributed by atoms with van der Waals surface area (Å²) in [6, 6.07) is 0. The molecule has 9 aliphatic carbocycles. The maximum Gasteiger partial charge on any atom is -0.0111 e. The number of fused-ring (bicyclic) bond motifs is 1. The molecule has 0 N–H and O–H groups in total. The quantitative estimate of drug-likeness (QED) is 0.556. The Morgan fingerprint density at radius 1 is 0.870 bits per heavy atom. The average molecular weight is 313 g/mol. The summed E-state index contributed by atoms with van der Waals surface area (Å²) in [6.45, 7) is 19.0. The van der Waals surface area contributed by atoms with Crippen LogP contribution in [0, 0.1) is 68.5 Å².